The van der Waals surface area contributed by atoms with Crippen LogP contribution in [-0.2, 0) is 20.8 Å². The van der Waals surface area contributed by atoms with Gasteiger partial charge in [0, 0.05) is 24.2 Å². The van der Waals surface area contributed by atoms with Crippen LogP contribution in [0.5, 0.6) is 5.75 Å². The highest BCUT2D eigenvalue weighted by Crippen LogP contribution is 2.40. The van der Waals surface area contributed by atoms with Crippen molar-refractivity contribution in [1.82, 2.24) is 9.55 Å². The fraction of sp³-hybridized carbons (Fsp3) is 0.409. The normalized spacial score (nSPS) is 19.0. The number of morpholine rings is 1. The molecule has 9 heteroatoms. The molecular formula is C22H27N4O5+. The van der Waals surface area contributed by atoms with Gasteiger partial charge in [0.1, 0.15) is 24.4 Å². The molecule has 1 saturated heterocycles. The van der Waals surface area contributed by atoms with E-state index >= 15 is 0 Å². The molecule has 0 amide bonds. The number of pyridine rings is 2. The van der Waals surface area contributed by atoms with Gasteiger partial charge in [-0.2, -0.15) is 0 Å². The van der Waals surface area contributed by atoms with Crippen molar-refractivity contribution in [2.45, 2.75) is 19.4 Å². The quantitative estimate of drug-likeness (QED) is 0.610. The second-order valence-corrected chi connectivity index (χ2v) is 7.72. The van der Waals surface area contributed by atoms with Gasteiger partial charge in [-0.25, -0.2) is 4.79 Å². The summed E-state index contributed by atoms with van der Waals surface area (Å²) < 4.78 is 17.8. The molecular weight excluding hydrogens is 400 g/mol. The Bertz CT molecular complexity index is 1060. The first-order valence-electron chi connectivity index (χ1n) is 10.3. The van der Waals surface area contributed by atoms with Gasteiger partial charge in [-0.1, -0.05) is 6.07 Å². The third-order valence-corrected chi connectivity index (χ3v) is 5.88. The molecule has 4 rings (SSSR count). The van der Waals surface area contributed by atoms with Crippen molar-refractivity contribution in [2.75, 3.05) is 40.0 Å². The Hall–Kier alpha value is -3.17. The lowest BCUT2D eigenvalue weighted by molar-refractivity contribution is -0.908. The first kappa shape index (κ1) is 21.1. The van der Waals surface area contributed by atoms with Crippen molar-refractivity contribution in [3.8, 4) is 5.75 Å². The highest BCUT2D eigenvalue weighted by molar-refractivity contribution is 5.92. The van der Waals surface area contributed by atoms with Crippen LogP contribution in [0.3, 0.4) is 0 Å². The Balaban J connectivity index is 1.79. The molecule has 164 valence electrons. The van der Waals surface area contributed by atoms with Crippen molar-refractivity contribution in [2.24, 2.45) is 5.73 Å². The molecule has 0 aromatic carbocycles. The van der Waals surface area contributed by atoms with Gasteiger partial charge >= 0.3 is 5.97 Å². The van der Waals surface area contributed by atoms with Gasteiger partial charge in [0.2, 0.25) is 5.88 Å². The third kappa shape index (κ3) is 4.06. The molecule has 3 N–H and O–H groups in total. The number of aromatic nitrogens is 2. The van der Waals surface area contributed by atoms with Gasteiger partial charge in [-0.05, 0) is 18.6 Å². The average molecular weight is 427 g/mol. The predicted octanol–water partition coefficient (Wildman–Crippen LogP) is -0.666. The fourth-order valence-corrected chi connectivity index (χ4v) is 4.23. The third-order valence-electron chi connectivity index (χ3n) is 5.88. The van der Waals surface area contributed by atoms with Gasteiger partial charge in [0.05, 0.1) is 44.9 Å². The molecule has 9 nitrogen and oxygen atoms in total. The maximum absolute atomic E-state index is 13.7. The lowest BCUT2D eigenvalue weighted by atomic mass is 9.84. The van der Waals surface area contributed by atoms with E-state index in [2.05, 4.69) is 4.98 Å². The Morgan fingerprint density at radius 1 is 1.39 bits per heavy atom. The molecule has 0 aliphatic carbocycles. The first-order valence-corrected chi connectivity index (χ1v) is 10.3. The number of nitrogens with zero attached hydrogens (tertiary/aromatic N) is 2. The zero-order valence-electron chi connectivity index (χ0n) is 17.7. The van der Waals surface area contributed by atoms with Crippen molar-refractivity contribution >= 4 is 5.97 Å². The molecule has 2 aromatic rings. The molecule has 2 aliphatic heterocycles. The highest BCUT2D eigenvalue weighted by atomic mass is 16.5. The van der Waals surface area contributed by atoms with E-state index in [1.807, 2.05) is 13.0 Å². The summed E-state index contributed by atoms with van der Waals surface area (Å²) in [6.45, 7) is 6.54. The second kappa shape index (κ2) is 8.91. The second-order valence-electron chi connectivity index (χ2n) is 7.72. The fourth-order valence-electron chi connectivity index (χ4n) is 4.23. The van der Waals surface area contributed by atoms with E-state index in [4.69, 9.17) is 19.9 Å². The molecule has 2 aromatic heterocycles. The Kier molecular flexibility index (Phi) is 6.06. The van der Waals surface area contributed by atoms with Crippen LogP contribution in [0.4, 0.5) is 0 Å². The monoisotopic (exact) mass is 427 g/mol. The minimum absolute atomic E-state index is 0.0671. The number of ether oxygens (including phenoxy) is 3. The number of carbonyl (C=O) groups excluding carboxylic acids is 1. The van der Waals surface area contributed by atoms with Crippen molar-refractivity contribution in [3.63, 3.8) is 0 Å². The van der Waals surface area contributed by atoms with E-state index < -0.39 is 11.9 Å². The summed E-state index contributed by atoms with van der Waals surface area (Å²) in [5.41, 5.74) is 7.82. The van der Waals surface area contributed by atoms with Crippen molar-refractivity contribution < 1.29 is 23.9 Å². The van der Waals surface area contributed by atoms with E-state index in [1.54, 1.807) is 29.1 Å². The molecule has 0 saturated carbocycles. The maximum atomic E-state index is 13.7. The number of nitrogens with two attached hydrogens (primary N) is 1. The standard InChI is InChI=1S/C22H26N4O5/c1-14-12-16-18(21(27)26(14)7-6-25-8-10-30-11-9-25)17(15-4-3-5-24-13-15)19(20(23)31-16)22(28)29-2/h3-5,12-13,17H,6-11,23H2,1-2H3/p+1/t17-/m0/s1. The SMILES string of the molecule is COC(=O)C1=C(N)Oc2cc(C)n(CC[NH+]3CCOCC3)c(=O)c2[C@@H]1c1cccnc1. The van der Waals surface area contributed by atoms with E-state index in [9.17, 15) is 9.59 Å². The zero-order valence-corrected chi connectivity index (χ0v) is 17.7. The summed E-state index contributed by atoms with van der Waals surface area (Å²) in [4.78, 5) is 31.8. The van der Waals surface area contributed by atoms with Crippen LogP contribution in [0.1, 0.15) is 22.7 Å². The number of rotatable bonds is 5. The predicted molar refractivity (Wildman–Crippen MR) is 112 cm³/mol. The molecule has 0 spiro atoms. The maximum Gasteiger partial charge on any atom is 0.340 e. The number of nitrogens with one attached hydrogen (secondary N) is 1. The molecule has 2 aliphatic rings. The topological polar surface area (TPSA) is 110 Å². The minimum atomic E-state index is -0.722. The number of methoxy groups -OCH3 is 1. The van der Waals surface area contributed by atoms with E-state index in [1.165, 1.54) is 12.0 Å². The summed E-state index contributed by atoms with van der Waals surface area (Å²) in [6.07, 6.45) is 3.25. The Morgan fingerprint density at radius 3 is 2.84 bits per heavy atom. The molecule has 0 bridgehead atoms. The summed E-state index contributed by atoms with van der Waals surface area (Å²) >= 11 is 0. The van der Waals surface area contributed by atoms with Crippen LogP contribution in [0, 0.1) is 6.92 Å². The number of fused-ring (bicyclic) bond motifs is 1. The number of hydrogen-bond acceptors (Lipinski definition) is 7. The van der Waals surface area contributed by atoms with Crippen LogP contribution in [0.25, 0.3) is 0 Å². The van der Waals surface area contributed by atoms with Gasteiger partial charge in [-0.15, -0.1) is 0 Å². The van der Waals surface area contributed by atoms with Crippen molar-refractivity contribution in [3.05, 3.63) is 69.2 Å². The van der Waals surface area contributed by atoms with Gasteiger partial charge in [-0.3, -0.25) is 9.78 Å². The van der Waals surface area contributed by atoms with Gasteiger partial charge < -0.3 is 29.4 Å². The number of hydrogen-bond donors (Lipinski definition) is 2. The van der Waals surface area contributed by atoms with Crippen molar-refractivity contribution in [1.29, 1.82) is 0 Å². The van der Waals surface area contributed by atoms with Crippen LogP contribution in [0.15, 0.2) is 46.8 Å². The molecule has 31 heavy (non-hydrogen) atoms. The van der Waals surface area contributed by atoms with Crippen LogP contribution >= 0.6 is 0 Å². The average Bonchev–Trinajstić information content (AvgIpc) is 2.78. The Labute approximate surface area is 180 Å². The number of aryl methyl sites for hydroxylation is 1. The smallest absolute Gasteiger partial charge is 0.340 e. The largest absolute Gasteiger partial charge is 0.465 e. The number of esters is 1. The molecule has 1 fully saturated rings. The summed E-state index contributed by atoms with van der Waals surface area (Å²) in [6, 6.07) is 5.37. The molecule has 0 unspecified atom stereocenters. The number of quaternary nitrogens is 1. The number of carbonyl (C=O) groups is 1. The van der Waals surface area contributed by atoms with E-state index in [0.29, 0.717) is 23.4 Å². The lowest BCUT2D eigenvalue weighted by Gasteiger charge is -2.29. The first-order chi connectivity index (χ1) is 15.0. The molecule has 4 heterocycles. The van der Waals surface area contributed by atoms with Gasteiger partial charge in [0.25, 0.3) is 5.56 Å². The zero-order chi connectivity index (χ0) is 22.0. The summed E-state index contributed by atoms with van der Waals surface area (Å²) in [7, 11) is 1.27. The molecule has 1 atom stereocenters. The van der Waals surface area contributed by atoms with Crippen LogP contribution < -0.4 is 20.9 Å². The van der Waals surface area contributed by atoms with E-state index in [-0.39, 0.29) is 17.0 Å². The summed E-state index contributed by atoms with van der Waals surface area (Å²) in [5, 5.41) is 0. The van der Waals surface area contributed by atoms with Gasteiger partial charge in [0.15, 0.2) is 0 Å². The minimum Gasteiger partial charge on any atom is -0.465 e. The van der Waals surface area contributed by atoms with Crippen LogP contribution in [0.2, 0.25) is 0 Å². The van der Waals surface area contributed by atoms with Crippen LogP contribution in [-0.4, -0.2) is 55.5 Å². The highest BCUT2D eigenvalue weighted by Gasteiger charge is 2.38. The Morgan fingerprint density at radius 2 is 2.16 bits per heavy atom. The van der Waals surface area contributed by atoms with E-state index in [0.717, 1.165) is 38.5 Å². The lowest BCUT2D eigenvalue weighted by Crippen LogP contribution is -3.14. The molecule has 0 radical (unpaired) electrons. The summed E-state index contributed by atoms with van der Waals surface area (Å²) in [5.74, 6) is -1.07.